The number of aromatic nitrogens is 4. The van der Waals surface area contributed by atoms with Crippen LogP contribution < -0.4 is 11.5 Å². The highest BCUT2D eigenvalue weighted by molar-refractivity contribution is 5.67. The molecule has 0 saturated carbocycles. The van der Waals surface area contributed by atoms with E-state index in [1.807, 2.05) is 0 Å². The van der Waals surface area contributed by atoms with Crippen LogP contribution in [0.2, 0.25) is 0 Å². The lowest BCUT2D eigenvalue weighted by atomic mass is 9.84. The maximum absolute atomic E-state index is 14.1. The van der Waals surface area contributed by atoms with E-state index in [1.165, 1.54) is 18.3 Å². The molecule has 0 fully saturated rings. The van der Waals surface area contributed by atoms with Gasteiger partial charge in [-0.3, -0.25) is 4.98 Å². The molecular formula is C23H24F2N6O2. The molecule has 8 nitrogen and oxygen atoms in total. The zero-order chi connectivity index (χ0) is 23.8. The molecule has 0 bridgehead atoms. The van der Waals surface area contributed by atoms with Crippen molar-refractivity contribution in [2.24, 2.45) is 11.5 Å². The summed E-state index contributed by atoms with van der Waals surface area (Å²) in [5.41, 5.74) is 13.0. The average Bonchev–Trinajstić information content (AvgIpc) is 3.26. The van der Waals surface area contributed by atoms with Crippen molar-refractivity contribution in [1.29, 1.82) is 0 Å². The van der Waals surface area contributed by atoms with Crippen LogP contribution in [-0.4, -0.2) is 25.2 Å². The lowest BCUT2D eigenvalue weighted by Gasteiger charge is -2.25. The fraction of sp³-hybridized carbons (Fsp3) is 0.304. The Morgan fingerprint density at radius 1 is 1.21 bits per heavy atom. The van der Waals surface area contributed by atoms with Crippen LogP contribution in [0.3, 0.4) is 0 Å². The molecule has 33 heavy (non-hydrogen) atoms. The Morgan fingerprint density at radius 3 is 2.61 bits per heavy atom. The Balaban J connectivity index is 1.67. The van der Waals surface area contributed by atoms with Gasteiger partial charge in [-0.05, 0) is 56.9 Å². The fourth-order valence-corrected chi connectivity index (χ4v) is 3.74. The van der Waals surface area contributed by atoms with Crippen molar-refractivity contribution < 1.29 is 18.4 Å². The van der Waals surface area contributed by atoms with Crippen LogP contribution in [0, 0.1) is 11.6 Å². The Hall–Kier alpha value is -3.66. The maximum Gasteiger partial charge on any atom is 0.278 e. The second-order valence-corrected chi connectivity index (χ2v) is 8.43. The predicted octanol–water partition coefficient (Wildman–Crippen LogP) is 3.51. The molecule has 5 N–H and O–H groups in total. The molecule has 2 aromatic heterocycles. The lowest BCUT2D eigenvalue weighted by molar-refractivity contribution is 0.0661. The molecule has 0 spiro atoms. The van der Waals surface area contributed by atoms with E-state index in [0.717, 1.165) is 18.6 Å². The number of halogens is 2. The van der Waals surface area contributed by atoms with E-state index in [1.54, 1.807) is 20.0 Å². The summed E-state index contributed by atoms with van der Waals surface area (Å²) in [6, 6.07) is 3.59. The van der Waals surface area contributed by atoms with E-state index < -0.39 is 17.2 Å². The number of rotatable bonds is 5. The van der Waals surface area contributed by atoms with E-state index >= 15 is 0 Å². The second-order valence-electron chi connectivity index (χ2n) is 8.43. The minimum absolute atomic E-state index is 0.0333. The zero-order valence-corrected chi connectivity index (χ0v) is 18.2. The van der Waals surface area contributed by atoms with Crippen LogP contribution in [0.15, 0.2) is 52.5 Å². The first kappa shape index (κ1) is 22.5. The van der Waals surface area contributed by atoms with Gasteiger partial charge in [-0.2, -0.15) is 4.98 Å². The van der Waals surface area contributed by atoms with Gasteiger partial charge < -0.3 is 21.1 Å². The molecule has 1 aliphatic rings. The molecule has 2 heterocycles. The number of nitrogens with two attached hydrogens (primary N) is 2. The van der Waals surface area contributed by atoms with Crippen LogP contribution in [0.4, 0.5) is 8.78 Å². The molecule has 0 radical (unpaired) electrons. The molecule has 1 atom stereocenters. The quantitative estimate of drug-likeness (QED) is 0.533. The number of aliphatic hydroxyl groups is 1. The maximum atomic E-state index is 14.1. The molecule has 10 heteroatoms. The number of hydrogen-bond acceptors (Lipinski definition) is 8. The fourth-order valence-electron chi connectivity index (χ4n) is 3.74. The summed E-state index contributed by atoms with van der Waals surface area (Å²) >= 11 is 0. The van der Waals surface area contributed by atoms with Gasteiger partial charge >= 0.3 is 0 Å². The van der Waals surface area contributed by atoms with Gasteiger partial charge in [0.25, 0.3) is 5.89 Å². The van der Waals surface area contributed by atoms with Crippen molar-refractivity contribution >= 4 is 5.70 Å². The molecular weight excluding hydrogens is 430 g/mol. The Morgan fingerprint density at radius 2 is 1.94 bits per heavy atom. The standard InChI is InChI=1S/C23H24F2N6O2/c1-23(2,32)22-30-21(33-31-22)18-11-28-10-17(29-18)13-6-3-5-12(20(13)27)9-16(26)19-14(24)7-4-8-15(19)25/h4,7-11,13,32H,3,5-6,26-27H2,1-2H3/b16-9-. The van der Waals surface area contributed by atoms with Gasteiger partial charge in [0.2, 0.25) is 5.82 Å². The number of hydrogen-bond donors (Lipinski definition) is 3. The Labute approximate surface area is 189 Å². The number of nitrogens with zero attached hydrogens (tertiary/aromatic N) is 4. The van der Waals surface area contributed by atoms with Gasteiger partial charge in [-0.25, -0.2) is 13.8 Å². The molecule has 1 aromatic carbocycles. The van der Waals surface area contributed by atoms with E-state index in [0.29, 0.717) is 35.5 Å². The van der Waals surface area contributed by atoms with Crippen molar-refractivity contribution in [3.05, 3.63) is 76.7 Å². The summed E-state index contributed by atoms with van der Waals surface area (Å²) in [4.78, 5) is 13.0. The Bertz CT molecular complexity index is 1230. The average molecular weight is 454 g/mol. The third-order valence-corrected chi connectivity index (χ3v) is 5.47. The summed E-state index contributed by atoms with van der Waals surface area (Å²) in [6.45, 7) is 3.09. The van der Waals surface area contributed by atoms with Crippen LogP contribution >= 0.6 is 0 Å². The van der Waals surface area contributed by atoms with Crippen LogP contribution in [0.25, 0.3) is 17.3 Å². The normalized spacial score (nSPS) is 17.5. The molecule has 4 rings (SSSR count). The molecule has 3 aromatic rings. The molecule has 1 aliphatic carbocycles. The van der Waals surface area contributed by atoms with E-state index in [2.05, 4.69) is 20.1 Å². The third-order valence-electron chi connectivity index (χ3n) is 5.47. The molecule has 0 saturated heterocycles. The minimum Gasteiger partial charge on any atom is -0.401 e. The summed E-state index contributed by atoms with van der Waals surface area (Å²) in [5.74, 6) is -1.49. The predicted molar refractivity (Wildman–Crippen MR) is 117 cm³/mol. The first-order valence-corrected chi connectivity index (χ1v) is 10.4. The highest BCUT2D eigenvalue weighted by Gasteiger charge is 2.27. The van der Waals surface area contributed by atoms with E-state index in [4.69, 9.17) is 16.0 Å². The molecule has 172 valence electrons. The molecule has 1 unspecified atom stereocenters. The SMILES string of the molecule is CC(C)(O)c1noc(-c2cncc(C3CCCC(/C=C(\N)c4c(F)cccc4F)=C3N)n2)n1. The topological polar surface area (TPSA) is 137 Å². The number of benzene rings is 1. The van der Waals surface area contributed by atoms with Gasteiger partial charge in [-0.1, -0.05) is 11.2 Å². The van der Waals surface area contributed by atoms with Crippen molar-refractivity contribution in [2.75, 3.05) is 0 Å². The molecule has 0 amide bonds. The molecule has 0 aliphatic heterocycles. The largest absolute Gasteiger partial charge is 0.401 e. The highest BCUT2D eigenvalue weighted by Crippen LogP contribution is 2.36. The van der Waals surface area contributed by atoms with Gasteiger partial charge in [0, 0.05) is 23.5 Å². The van der Waals surface area contributed by atoms with Gasteiger partial charge in [-0.15, -0.1) is 0 Å². The minimum atomic E-state index is -1.26. The van der Waals surface area contributed by atoms with Crippen molar-refractivity contribution in [3.8, 4) is 11.6 Å². The summed E-state index contributed by atoms with van der Waals surface area (Å²) < 4.78 is 33.5. The van der Waals surface area contributed by atoms with Crippen molar-refractivity contribution in [1.82, 2.24) is 20.1 Å². The monoisotopic (exact) mass is 454 g/mol. The number of allylic oxidation sites excluding steroid dienone is 3. The van der Waals surface area contributed by atoms with E-state index in [-0.39, 0.29) is 28.9 Å². The van der Waals surface area contributed by atoms with Crippen LogP contribution in [0.5, 0.6) is 0 Å². The highest BCUT2D eigenvalue weighted by atomic mass is 19.1. The third kappa shape index (κ3) is 4.61. The lowest BCUT2D eigenvalue weighted by Crippen LogP contribution is -2.19. The first-order valence-electron chi connectivity index (χ1n) is 10.4. The summed E-state index contributed by atoms with van der Waals surface area (Å²) in [7, 11) is 0. The summed E-state index contributed by atoms with van der Waals surface area (Å²) in [5, 5.41) is 13.8. The second kappa shape index (κ2) is 8.70. The van der Waals surface area contributed by atoms with Crippen LogP contribution in [-0.2, 0) is 5.60 Å². The smallest absolute Gasteiger partial charge is 0.278 e. The van der Waals surface area contributed by atoms with Gasteiger partial charge in [0.15, 0.2) is 0 Å². The van der Waals surface area contributed by atoms with Crippen molar-refractivity contribution in [3.63, 3.8) is 0 Å². The zero-order valence-electron chi connectivity index (χ0n) is 18.2. The Kier molecular flexibility index (Phi) is 5.94. The summed E-state index contributed by atoms with van der Waals surface area (Å²) in [6.07, 6.45) is 6.71. The van der Waals surface area contributed by atoms with Gasteiger partial charge in [0.05, 0.1) is 17.5 Å². The van der Waals surface area contributed by atoms with Crippen molar-refractivity contribution in [2.45, 2.75) is 44.6 Å². The van der Waals surface area contributed by atoms with E-state index in [9.17, 15) is 13.9 Å². The van der Waals surface area contributed by atoms with Crippen LogP contribution in [0.1, 0.15) is 56.1 Å². The first-order chi connectivity index (χ1) is 15.6. The van der Waals surface area contributed by atoms with Gasteiger partial charge in [0.1, 0.15) is 22.9 Å².